The van der Waals surface area contributed by atoms with Gasteiger partial charge in [0.15, 0.2) is 0 Å². The van der Waals surface area contributed by atoms with Crippen LogP contribution in [-0.2, 0) is 4.79 Å². The van der Waals surface area contributed by atoms with Crippen molar-refractivity contribution < 1.29 is 19.8 Å². The number of rotatable bonds is 5. The van der Waals surface area contributed by atoms with E-state index in [0.717, 1.165) is 6.42 Å². The molecule has 0 radical (unpaired) electrons. The molecule has 104 valence electrons. The molecule has 0 aliphatic carbocycles. The lowest BCUT2D eigenvalue weighted by Crippen LogP contribution is -2.46. The van der Waals surface area contributed by atoms with Gasteiger partial charge in [0, 0.05) is 32.1 Å². The van der Waals surface area contributed by atoms with Crippen LogP contribution in [0.15, 0.2) is 0 Å². The monoisotopic (exact) mass is 258 g/mol. The second-order valence-electron chi connectivity index (χ2n) is 4.99. The van der Waals surface area contributed by atoms with Crippen molar-refractivity contribution in [3.8, 4) is 0 Å². The number of carboxylic acid groups (broad SMARTS) is 1. The summed E-state index contributed by atoms with van der Waals surface area (Å²) < 4.78 is 0. The van der Waals surface area contributed by atoms with Crippen molar-refractivity contribution in [2.45, 2.75) is 32.7 Å². The molecule has 0 aromatic carbocycles. The maximum absolute atomic E-state index is 12.2. The van der Waals surface area contributed by atoms with Crippen molar-refractivity contribution in [2.24, 2.45) is 5.92 Å². The summed E-state index contributed by atoms with van der Waals surface area (Å²) in [6.45, 7) is 5.16. The van der Waals surface area contributed by atoms with Crippen LogP contribution >= 0.6 is 0 Å². The van der Waals surface area contributed by atoms with Crippen LogP contribution in [-0.4, -0.2) is 64.3 Å². The Labute approximate surface area is 107 Å². The van der Waals surface area contributed by atoms with Gasteiger partial charge in [-0.2, -0.15) is 0 Å². The Bertz CT molecular complexity index is 306. The minimum atomic E-state index is -0.814. The number of aliphatic carboxylic acids is 1. The fourth-order valence-corrected chi connectivity index (χ4v) is 2.28. The predicted molar refractivity (Wildman–Crippen MR) is 66.3 cm³/mol. The van der Waals surface area contributed by atoms with Gasteiger partial charge in [0.2, 0.25) is 0 Å². The zero-order valence-electron chi connectivity index (χ0n) is 11.0. The summed E-state index contributed by atoms with van der Waals surface area (Å²) in [7, 11) is 0. The topological polar surface area (TPSA) is 81.1 Å². The number of nitrogens with zero attached hydrogens (tertiary/aromatic N) is 2. The molecule has 1 aliphatic rings. The molecule has 0 aromatic heterocycles. The molecule has 18 heavy (non-hydrogen) atoms. The van der Waals surface area contributed by atoms with Gasteiger partial charge in [0.05, 0.1) is 6.61 Å². The quantitative estimate of drug-likeness (QED) is 0.757. The van der Waals surface area contributed by atoms with Crippen molar-refractivity contribution in [3.63, 3.8) is 0 Å². The summed E-state index contributed by atoms with van der Waals surface area (Å²) in [5.41, 5.74) is 0. The third kappa shape index (κ3) is 3.87. The summed E-state index contributed by atoms with van der Waals surface area (Å²) in [5.74, 6) is -0.764. The highest BCUT2D eigenvalue weighted by Crippen LogP contribution is 2.21. The molecule has 0 spiro atoms. The van der Waals surface area contributed by atoms with Crippen molar-refractivity contribution in [2.75, 3.05) is 26.2 Å². The van der Waals surface area contributed by atoms with Gasteiger partial charge >= 0.3 is 12.0 Å². The van der Waals surface area contributed by atoms with Gasteiger partial charge in [0.1, 0.15) is 0 Å². The van der Waals surface area contributed by atoms with Crippen molar-refractivity contribution in [1.29, 1.82) is 0 Å². The van der Waals surface area contributed by atoms with Crippen LogP contribution in [0, 0.1) is 5.92 Å². The molecule has 1 aliphatic heterocycles. The first-order chi connectivity index (χ1) is 8.45. The van der Waals surface area contributed by atoms with E-state index in [2.05, 4.69) is 0 Å². The normalized spacial score (nSPS) is 19.3. The Morgan fingerprint density at radius 2 is 2.11 bits per heavy atom. The molecule has 1 rings (SSSR count). The largest absolute Gasteiger partial charge is 0.481 e. The number of aliphatic hydroxyl groups is 1. The van der Waals surface area contributed by atoms with Crippen LogP contribution in [0.2, 0.25) is 0 Å². The van der Waals surface area contributed by atoms with E-state index < -0.39 is 5.97 Å². The van der Waals surface area contributed by atoms with Gasteiger partial charge in [-0.1, -0.05) is 0 Å². The Hall–Kier alpha value is -1.30. The molecule has 1 unspecified atom stereocenters. The number of carboxylic acids is 1. The minimum Gasteiger partial charge on any atom is -0.481 e. The summed E-state index contributed by atoms with van der Waals surface area (Å²) in [6, 6.07) is -0.0740. The van der Waals surface area contributed by atoms with E-state index in [-0.39, 0.29) is 31.0 Å². The SMILES string of the molecule is CC(C)N(CCO)C(=O)N1CCC(CC(=O)O)C1. The molecule has 0 aromatic rings. The first kappa shape index (κ1) is 14.8. The van der Waals surface area contributed by atoms with E-state index in [1.807, 2.05) is 13.8 Å². The molecule has 1 heterocycles. The van der Waals surface area contributed by atoms with Crippen LogP contribution < -0.4 is 0 Å². The lowest BCUT2D eigenvalue weighted by atomic mass is 10.1. The third-order valence-electron chi connectivity index (χ3n) is 3.23. The smallest absolute Gasteiger partial charge is 0.320 e. The van der Waals surface area contributed by atoms with Crippen LogP contribution in [0.1, 0.15) is 26.7 Å². The van der Waals surface area contributed by atoms with Crippen molar-refractivity contribution in [1.82, 2.24) is 9.80 Å². The van der Waals surface area contributed by atoms with Gasteiger partial charge in [0.25, 0.3) is 0 Å². The second-order valence-corrected chi connectivity index (χ2v) is 4.99. The van der Waals surface area contributed by atoms with E-state index >= 15 is 0 Å². The lowest BCUT2D eigenvalue weighted by molar-refractivity contribution is -0.138. The number of aliphatic hydroxyl groups excluding tert-OH is 1. The van der Waals surface area contributed by atoms with Gasteiger partial charge in [-0.25, -0.2) is 4.79 Å². The number of hydrogen-bond donors (Lipinski definition) is 2. The molecule has 2 N–H and O–H groups in total. The molecule has 6 nitrogen and oxygen atoms in total. The van der Waals surface area contributed by atoms with Gasteiger partial charge in [-0.3, -0.25) is 4.79 Å². The van der Waals surface area contributed by atoms with Crippen LogP contribution in [0.3, 0.4) is 0 Å². The number of urea groups is 1. The first-order valence-corrected chi connectivity index (χ1v) is 6.34. The van der Waals surface area contributed by atoms with Gasteiger partial charge < -0.3 is 20.0 Å². The Morgan fingerprint density at radius 1 is 1.44 bits per heavy atom. The van der Waals surface area contributed by atoms with Gasteiger partial charge in [-0.05, 0) is 26.2 Å². The van der Waals surface area contributed by atoms with E-state index in [9.17, 15) is 9.59 Å². The molecule has 0 bridgehead atoms. The van der Waals surface area contributed by atoms with E-state index in [0.29, 0.717) is 19.6 Å². The lowest BCUT2D eigenvalue weighted by Gasteiger charge is -2.30. The zero-order valence-corrected chi connectivity index (χ0v) is 11.0. The summed E-state index contributed by atoms with van der Waals surface area (Å²) in [6.07, 6.45) is 0.856. The van der Waals surface area contributed by atoms with Crippen LogP contribution in [0.5, 0.6) is 0 Å². The van der Waals surface area contributed by atoms with Crippen LogP contribution in [0.4, 0.5) is 4.79 Å². The molecule has 1 atom stereocenters. The number of amides is 2. The predicted octanol–water partition coefficient (Wildman–Crippen LogP) is 0.606. The van der Waals surface area contributed by atoms with Crippen LogP contribution in [0.25, 0.3) is 0 Å². The average Bonchev–Trinajstić information content (AvgIpc) is 2.72. The highest BCUT2D eigenvalue weighted by molar-refractivity contribution is 5.75. The standard InChI is InChI=1S/C12H22N2O4/c1-9(2)14(5-6-15)12(18)13-4-3-10(8-13)7-11(16)17/h9-10,15H,3-8H2,1-2H3,(H,16,17). The van der Waals surface area contributed by atoms with E-state index in [1.165, 1.54) is 0 Å². The fourth-order valence-electron chi connectivity index (χ4n) is 2.28. The fraction of sp³-hybridized carbons (Fsp3) is 0.833. The zero-order chi connectivity index (χ0) is 13.7. The average molecular weight is 258 g/mol. The van der Waals surface area contributed by atoms with Crippen molar-refractivity contribution in [3.05, 3.63) is 0 Å². The maximum Gasteiger partial charge on any atom is 0.320 e. The molecule has 2 amide bonds. The third-order valence-corrected chi connectivity index (χ3v) is 3.23. The van der Waals surface area contributed by atoms with Crippen molar-refractivity contribution >= 4 is 12.0 Å². The molecular formula is C12H22N2O4. The molecule has 6 heteroatoms. The molecular weight excluding hydrogens is 236 g/mol. The number of carbonyl (C=O) groups is 2. The Balaban J connectivity index is 2.54. The molecule has 1 saturated heterocycles. The van der Waals surface area contributed by atoms with Gasteiger partial charge in [-0.15, -0.1) is 0 Å². The first-order valence-electron chi connectivity index (χ1n) is 6.34. The summed E-state index contributed by atoms with van der Waals surface area (Å²) in [4.78, 5) is 26.1. The highest BCUT2D eigenvalue weighted by atomic mass is 16.4. The van der Waals surface area contributed by atoms with E-state index in [4.69, 9.17) is 10.2 Å². The Kier molecular flexibility index (Phi) is 5.40. The maximum atomic E-state index is 12.2. The molecule has 0 saturated carbocycles. The second kappa shape index (κ2) is 6.58. The molecule has 1 fully saturated rings. The summed E-state index contributed by atoms with van der Waals surface area (Å²) >= 11 is 0. The summed E-state index contributed by atoms with van der Waals surface area (Å²) in [5, 5.41) is 17.7. The minimum absolute atomic E-state index is 0.0307. The number of hydrogen-bond acceptors (Lipinski definition) is 3. The number of likely N-dealkylation sites (tertiary alicyclic amines) is 1. The number of carbonyl (C=O) groups excluding carboxylic acids is 1. The highest BCUT2D eigenvalue weighted by Gasteiger charge is 2.31. The Morgan fingerprint density at radius 3 is 2.61 bits per heavy atom. The van der Waals surface area contributed by atoms with E-state index in [1.54, 1.807) is 9.80 Å².